The van der Waals surface area contributed by atoms with Gasteiger partial charge in [0.05, 0.1) is 25.2 Å². The number of pyridine rings is 1. The first kappa shape index (κ1) is 27.0. The molecule has 0 N–H and O–H groups in total. The third-order valence-electron chi connectivity index (χ3n) is 8.37. The van der Waals surface area contributed by atoms with Crippen molar-refractivity contribution in [2.24, 2.45) is 0 Å². The molecule has 0 saturated carbocycles. The zero-order valence-electron chi connectivity index (χ0n) is 23.4. The summed E-state index contributed by atoms with van der Waals surface area (Å²) in [5, 5.41) is 0.932. The van der Waals surface area contributed by atoms with Gasteiger partial charge in [0, 0.05) is 36.4 Å². The molecule has 4 heterocycles. The Kier molecular flexibility index (Phi) is 7.24. The van der Waals surface area contributed by atoms with Gasteiger partial charge in [0.2, 0.25) is 0 Å². The third-order valence-corrected chi connectivity index (χ3v) is 8.37. The molecule has 0 saturated heterocycles. The van der Waals surface area contributed by atoms with E-state index < -0.39 is 24.0 Å². The van der Waals surface area contributed by atoms with Gasteiger partial charge in [0.25, 0.3) is 5.56 Å². The van der Waals surface area contributed by atoms with E-state index in [4.69, 9.17) is 14.2 Å². The summed E-state index contributed by atoms with van der Waals surface area (Å²) in [5.74, 6) is -0.965. The van der Waals surface area contributed by atoms with Gasteiger partial charge in [-0.05, 0) is 67.7 Å². The highest BCUT2D eigenvalue weighted by atomic mass is 16.5. The predicted octanol–water partition coefficient (Wildman–Crippen LogP) is 5.49. The number of ether oxygens (including phenoxy) is 3. The van der Waals surface area contributed by atoms with Crippen LogP contribution in [0.25, 0.3) is 17.0 Å². The molecule has 41 heavy (non-hydrogen) atoms. The number of methoxy groups -OCH3 is 1. The summed E-state index contributed by atoms with van der Waals surface area (Å²) in [7, 11) is 1.47. The van der Waals surface area contributed by atoms with Gasteiger partial charge in [0.15, 0.2) is 0 Å². The number of carbonyl (C=O) groups excluding carboxylic acids is 3. The second kappa shape index (κ2) is 11.0. The normalized spacial score (nSPS) is 21.9. The molecule has 3 aliphatic rings. The van der Waals surface area contributed by atoms with Gasteiger partial charge in [-0.2, -0.15) is 0 Å². The number of Topliss-reactive ketones (excluding diaryl/α,β-unsaturated/α-hetero) is 1. The average molecular weight is 556 g/mol. The number of hydrogen-bond donors (Lipinski definition) is 0. The zero-order valence-corrected chi connectivity index (χ0v) is 23.4. The molecule has 3 aliphatic heterocycles. The van der Waals surface area contributed by atoms with Crippen LogP contribution in [0.3, 0.4) is 0 Å². The van der Waals surface area contributed by atoms with Crippen molar-refractivity contribution in [1.29, 1.82) is 0 Å². The number of carbonyl (C=O) groups is 3. The molecule has 2 atom stereocenters. The fraction of sp³-hybridized carbons (Fsp3) is 0.394. The number of rotatable bonds is 2. The van der Waals surface area contributed by atoms with E-state index in [0.717, 1.165) is 22.9 Å². The first-order valence-corrected chi connectivity index (χ1v) is 14.4. The summed E-state index contributed by atoms with van der Waals surface area (Å²) >= 11 is 0. The Morgan fingerprint density at radius 2 is 1.85 bits per heavy atom. The molecule has 0 bridgehead atoms. The van der Waals surface area contributed by atoms with Crippen molar-refractivity contribution >= 4 is 34.7 Å². The topological polar surface area (TPSA) is 101 Å². The molecule has 0 spiro atoms. The van der Waals surface area contributed by atoms with E-state index in [-0.39, 0.29) is 34.8 Å². The van der Waals surface area contributed by atoms with Crippen LogP contribution < -0.4 is 15.0 Å². The van der Waals surface area contributed by atoms with E-state index in [0.29, 0.717) is 61.8 Å². The van der Waals surface area contributed by atoms with E-state index in [2.05, 4.69) is 0 Å². The van der Waals surface area contributed by atoms with E-state index >= 15 is 0 Å². The predicted molar refractivity (Wildman–Crippen MR) is 154 cm³/mol. The van der Waals surface area contributed by atoms with Gasteiger partial charge in [-0.3, -0.25) is 14.4 Å². The number of nitrogens with zero attached hydrogens (tertiary/aromatic N) is 1. The molecule has 6 rings (SSSR count). The largest absolute Gasteiger partial charge is 0.495 e. The number of aryl methyl sites for hydroxylation is 2. The number of cyclic esters (lactones) is 1. The summed E-state index contributed by atoms with van der Waals surface area (Å²) in [4.78, 5) is 52.6. The average Bonchev–Trinajstić information content (AvgIpc) is 3.38. The molecular weight excluding hydrogens is 522 g/mol. The number of ketones is 1. The van der Waals surface area contributed by atoms with Gasteiger partial charge in [-0.25, -0.2) is 4.79 Å². The molecular formula is C33H33NO7. The Balaban J connectivity index is 1.53. The van der Waals surface area contributed by atoms with E-state index in [1.54, 1.807) is 16.7 Å². The fourth-order valence-corrected chi connectivity index (χ4v) is 6.42. The van der Waals surface area contributed by atoms with Crippen molar-refractivity contribution in [2.45, 2.75) is 76.9 Å². The monoisotopic (exact) mass is 555 g/mol. The SMILES string of the molecule is COc1c2c(cc3c1[C@@H](c1cc4cccc5c4n(c1=O)CC5)CC(=O)O3)/C=C/CCCC(=O)CCC[C@H](C)OC2=O. The number of aromatic nitrogens is 1. The summed E-state index contributed by atoms with van der Waals surface area (Å²) in [6.45, 7) is 2.39. The highest BCUT2D eigenvalue weighted by Gasteiger charge is 2.38. The molecule has 0 radical (unpaired) electrons. The van der Waals surface area contributed by atoms with Crippen molar-refractivity contribution in [2.75, 3.05) is 7.11 Å². The van der Waals surface area contributed by atoms with Crippen LogP contribution in [0.5, 0.6) is 11.5 Å². The first-order chi connectivity index (χ1) is 19.9. The van der Waals surface area contributed by atoms with Crippen LogP contribution in [0, 0.1) is 0 Å². The van der Waals surface area contributed by atoms with Gasteiger partial charge >= 0.3 is 11.9 Å². The lowest BCUT2D eigenvalue weighted by Gasteiger charge is -2.29. The van der Waals surface area contributed by atoms with Crippen LogP contribution in [0.1, 0.15) is 90.4 Å². The number of fused-ring (bicyclic) bond motifs is 2. The van der Waals surface area contributed by atoms with Gasteiger partial charge < -0.3 is 18.8 Å². The summed E-state index contributed by atoms with van der Waals surface area (Å²) < 4.78 is 19.2. The highest BCUT2D eigenvalue weighted by Crippen LogP contribution is 2.47. The van der Waals surface area contributed by atoms with Crippen molar-refractivity contribution in [3.8, 4) is 11.5 Å². The standard InChI is InChI=1S/C33H33NO7/c1-19-8-6-13-23(35)12-5-3-4-9-21-17-26-29(31(39-2)28(21)33(38)40-19)24(18-27(36)41-26)25-16-22-11-7-10-20-14-15-34(30(20)22)32(25)37/h4,7,9-11,16-17,19,24H,3,5-6,8,12-15,18H2,1-2H3/b9-4+/t19-,24+/m0/s1. The molecule has 212 valence electrons. The molecule has 2 aromatic carbocycles. The van der Waals surface area contributed by atoms with Gasteiger partial charge in [-0.15, -0.1) is 0 Å². The summed E-state index contributed by atoms with van der Waals surface area (Å²) in [6, 6.07) is 9.52. The smallest absolute Gasteiger partial charge is 0.342 e. The van der Waals surface area contributed by atoms with Crippen LogP contribution in [0.15, 0.2) is 41.2 Å². The number of hydrogen-bond acceptors (Lipinski definition) is 7. The number of benzene rings is 2. The molecule has 0 unspecified atom stereocenters. The molecule has 0 aliphatic carbocycles. The molecule has 3 aromatic rings. The van der Waals surface area contributed by atoms with Crippen molar-refractivity contribution in [3.05, 3.63) is 74.6 Å². The number of esters is 2. The minimum atomic E-state index is -0.662. The lowest BCUT2D eigenvalue weighted by molar-refractivity contribution is -0.135. The van der Waals surface area contributed by atoms with E-state index in [1.165, 1.54) is 7.11 Å². The minimum absolute atomic E-state index is 0.0576. The Morgan fingerprint density at radius 1 is 1.02 bits per heavy atom. The van der Waals surface area contributed by atoms with Gasteiger partial charge in [0.1, 0.15) is 22.8 Å². The maximum atomic E-state index is 13.8. The summed E-state index contributed by atoms with van der Waals surface area (Å²) in [6.07, 6.45) is 7.53. The van der Waals surface area contributed by atoms with E-state index in [1.807, 2.05) is 37.3 Å². The van der Waals surface area contributed by atoms with Crippen molar-refractivity contribution in [1.82, 2.24) is 4.57 Å². The maximum Gasteiger partial charge on any atom is 0.342 e. The lowest BCUT2D eigenvalue weighted by atomic mass is 9.83. The fourth-order valence-electron chi connectivity index (χ4n) is 6.42. The minimum Gasteiger partial charge on any atom is -0.495 e. The summed E-state index contributed by atoms with van der Waals surface area (Å²) in [5.41, 5.74) is 3.60. The molecule has 8 heteroatoms. The Bertz CT molecular complexity index is 1660. The van der Waals surface area contributed by atoms with Crippen LogP contribution in [0.2, 0.25) is 0 Å². The number of para-hydroxylation sites is 1. The quantitative estimate of drug-likeness (QED) is 0.305. The number of allylic oxidation sites excluding steroid dienone is 1. The van der Waals surface area contributed by atoms with Crippen LogP contribution in [-0.4, -0.2) is 35.5 Å². The highest BCUT2D eigenvalue weighted by molar-refractivity contribution is 5.99. The van der Waals surface area contributed by atoms with E-state index in [9.17, 15) is 19.2 Å². The molecule has 0 amide bonds. The third kappa shape index (κ3) is 4.96. The maximum absolute atomic E-state index is 13.8. The molecule has 8 nitrogen and oxygen atoms in total. The van der Waals surface area contributed by atoms with Crippen molar-refractivity contribution in [3.63, 3.8) is 0 Å². The molecule has 1 aromatic heterocycles. The first-order valence-electron chi connectivity index (χ1n) is 14.4. The Morgan fingerprint density at radius 3 is 2.68 bits per heavy atom. The van der Waals surface area contributed by atoms with Crippen molar-refractivity contribution < 1.29 is 28.6 Å². The van der Waals surface area contributed by atoms with Crippen LogP contribution in [0.4, 0.5) is 0 Å². The second-order valence-corrected chi connectivity index (χ2v) is 11.1. The van der Waals surface area contributed by atoms with Gasteiger partial charge in [-0.1, -0.05) is 30.4 Å². The van der Waals surface area contributed by atoms with Crippen LogP contribution in [-0.2, 0) is 27.3 Å². The Labute approximate surface area is 237 Å². The second-order valence-electron chi connectivity index (χ2n) is 11.1. The Hall–Kier alpha value is -4.20. The van der Waals surface area contributed by atoms with Crippen LogP contribution >= 0.6 is 0 Å². The molecule has 0 fully saturated rings. The lowest BCUT2D eigenvalue weighted by Crippen LogP contribution is -2.30. The zero-order chi connectivity index (χ0) is 28.7.